The van der Waals surface area contributed by atoms with E-state index in [1.165, 1.54) is 12.8 Å². The number of ether oxygens (including phenoxy) is 1. The van der Waals surface area contributed by atoms with Crippen molar-refractivity contribution in [2.45, 2.75) is 51.6 Å². The Balaban J connectivity index is 2.01. The smallest absolute Gasteiger partial charge is 0.307 e. The SMILES string of the molecule is CCOC(=O)CCNC(C)CC1CCCN1. The molecule has 0 aromatic carbocycles. The van der Waals surface area contributed by atoms with Gasteiger partial charge in [-0.25, -0.2) is 0 Å². The molecular weight excluding hydrogens is 204 g/mol. The summed E-state index contributed by atoms with van der Waals surface area (Å²) in [5, 5.41) is 6.83. The van der Waals surface area contributed by atoms with E-state index in [4.69, 9.17) is 4.74 Å². The van der Waals surface area contributed by atoms with Gasteiger partial charge in [-0.05, 0) is 39.7 Å². The highest BCUT2D eigenvalue weighted by Crippen LogP contribution is 2.10. The van der Waals surface area contributed by atoms with Crippen molar-refractivity contribution in [2.24, 2.45) is 0 Å². The van der Waals surface area contributed by atoms with Crippen molar-refractivity contribution in [3.8, 4) is 0 Å². The first-order valence-corrected chi connectivity index (χ1v) is 6.34. The minimum atomic E-state index is -0.110. The van der Waals surface area contributed by atoms with E-state index in [2.05, 4.69) is 17.6 Å². The van der Waals surface area contributed by atoms with Crippen LogP contribution in [0.2, 0.25) is 0 Å². The van der Waals surface area contributed by atoms with Gasteiger partial charge in [0.15, 0.2) is 0 Å². The summed E-state index contributed by atoms with van der Waals surface area (Å²) in [4.78, 5) is 11.1. The van der Waals surface area contributed by atoms with Gasteiger partial charge in [0.05, 0.1) is 13.0 Å². The molecule has 2 N–H and O–H groups in total. The van der Waals surface area contributed by atoms with Crippen LogP contribution >= 0.6 is 0 Å². The standard InChI is InChI=1S/C12H24N2O2/c1-3-16-12(15)6-8-13-10(2)9-11-5-4-7-14-11/h10-11,13-14H,3-9H2,1-2H3. The zero-order valence-electron chi connectivity index (χ0n) is 10.4. The average molecular weight is 228 g/mol. The number of carbonyl (C=O) groups excluding carboxylic acids is 1. The summed E-state index contributed by atoms with van der Waals surface area (Å²) >= 11 is 0. The zero-order valence-corrected chi connectivity index (χ0v) is 10.4. The molecule has 4 nitrogen and oxygen atoms in total. The Morgan fingerprint density at radius 1 is 1.62 bits per heavy atom. The molecular formula is C12H24N2O2. The van der Waals surface area contributed by atoms with Crippen molar-refractivity contribution >= 4 is 5.97 Å². The second kappa shape index (κ2) is 7.63. The van der Waals surface area contributed by atoms with Gasteiger partial charge in [0.1, 0.15) is 0 Å². The summed E-state index contributed by atoms with van der Waals surface area (Å²) in [5.74, 6) is -0.110. The van der Waals surface area contributed by atoms with Crippen LogP contribution in [0.5, 0.6) is 0 Å². The minimum absolute atomic E-state index is 0.110. The molecule has 4 heteroatoms. The molecule has 0 aromatic heterocycles. The second-order valence-corrected chi connectivity index (χ2v) is 4.44. The number of nitrogens with one attached hydrogen (secondary N) is 2. The Morgan fingerprint density at radius 3 is 3.06 bits per heavy atom. The Morgan fingerprint density at radius 2 is 2.44 bits per heavy atom. The number of carbonyl (C=O) groups is 1. The predicted molar refractivity (Wildman–Crippen MR) is 64.4 cm³/mol. The zero-order chi connectivity index (χ0) is 11.8. The number of hydrogen-bond donors (Lipinski definition) is 2. The van der Waals surface area contributed by atoms with E-state index < -0.39 is 0 Å². The Bertz CT molecular complexity index is 203. The molecule has 0 aliphatic carbocycles. The van der Waals surface area contributed by atoms with E-state index in [1.807, 2.05) is 6.92 Å². The fourth-order valence-corrected chi connectivity index (χ4v) is 2.12. The number of esters is 1. The summed E-state index contributed by atoms with van der Waals surface area (Å²) in [7, 11) is 0. The maximum absolute atomic E-state index is 11.1. The predicted octanol–water partition coefficient (Wildman–Crippen LogP) is 1.06. The molecule has 16 heavy (non-hydrogen) atoms. The van der Waals surface area contributed by atoms with E-state index in [0.29, 0.717) is 31.7 Å². The lowest BCUT2D eigenvalue weighted by Gasteiger charge is -2.17. The van der Waals surface area contributed by atoms with E-state index in [-0.39, 0.29) is 5.97 Å². The monoisotopic (exact) mass is 228 g/mol. The lowest BCUT2D eigenvalue weighted by atomic mass is 10.1. The average Bonchev–Trinajstić information content (AvgIpc) is 2.70. The van der Waals surface area contributed by atoms with Crippen LogP contribution in [-0.2, 0) is 9.53 Å². The maximum Gasteiger partial charge on any atom is 0.307 e. The van der Waals surface area contributed by atoms with Crippen LogP contribution < -0.4 is 10.6 Å². The maximum atomic E-state index is 11.1. The molecule has 1 aliphatic heterocycles. The Labute approximate surface area is 98.1 Å². The summed E-state index contributed by atoms with van der Waals surface area (Å²) in [6.45, 7) is 6.35. The summed E-state index contributed by atoms with van der Waals surface area (Å²) < 4.78 is 4.87. The lowest BCUT2D eigenvalue weighted by Crippen LogP contribution is -2.35. The Kier molecular flexibility index (Phi) is 6.42. The van der Waals surface area contributed by atoms with Crippen molar-refractivity contribution in [1.29, 1.82) is 0 Å². The molecule has 1 fully saturated rings. The third-order valence-corrected chi connectivity index (χ3v) is 2.93. The van der Waals surface area contributed by atoms with Gasteiger partial charge in [0, 0.05) is 18.6 Å². The molecule has 0 spiro atoms. The fraction of sp³-hybridized carbons (Fsp3) is 0.917. The van der Waals surface area contributed by atoms with Crippen LogP contribution in [0.25, 0.3) is 0 Å². The molecule has 2 unspecified atom stereocenters. The van der Waals surface area contributed by atoms with E-state index >= 15 is 0 Å². The van der Waals surface area contributed by atoms with E-state index in [9.17, 15) is 4.79 Å². The molecule has 0 bridgehead atoms. The largest absolute Gasteiger partial charge is 0.466 e. The summed E-state index contributed by atoms with van der Waals surface area (Å²) in [5.41, 5.74) is 0. The van der Waals surface area contributed by atoms with Crippen LogP contribution in [0.15, 0.2) is 0 Å². The normalized spacial score (nSPS) is 22.0. The van der Waals surface area contributed by atoms with E-state index in [1.54, 1.807) is 0 Å². The minimum Gasteiger partial charge on any atom is -0.466 e. The summed E-state index contributed by atoms with van der Waals surface area (Å²) in [6.07, 6.45) is 4.18. The number of hydrogen-bond acceptors (Lipinski definition) is 4. The van der Waals surface area contributed by atoms with Crippen LogP contribution in [-0.4, -0.2) is 37.7 Å². The quantitative estimate of drug-likeness (QED) is 0.640. The summed E-state index contributed by atoms with van der Waals surface area (Å²) in [6, 6.07) is 1.12. The lowest BCUT2D eigenvalue weighted by molar-refractivity contribution is -0.142. The molecule has 0 aromatic rings. The highest BCUT2D eigenvalue weighted by atomic mass is 16.5. The van der Waals surface area contributed by atoms with Crippen LogP contribution in [0.4, 0.5) is 0 Å². The molecule has 0 amide bonds. The van der Waals surface area contributed by atoms with Gasteiger partial charge in [-0.3, -0.25) is 4.79 Å². The molecule has 94 valence electrons. The van der Waals surface area contributed by atoms with E-state index in [0.717, 1.165) is 13.0 Å². The van der Waals surface area contributed by atoms with Gasteiger partial charge in [0.2, 0.25) is 0 Å². The van der Waals surface area contributed by atoms with Gasteiger partial charge in [-0.1, -0.05) is 0 Å². The molecule has 1 aliphatic rings. The molecule has 2 atom stereocenters. The molecule has 1 rings (SSSR count). The first-order chi connectivity index (χ1) is 7.72. The third-order valence-electron chi connectivity index (χ3n) is 2.93. The van der Waals surface area contributed by atoms with Crippen LogP contribution in [0, 0.1) is 0 Å². The van der Waals surface area contributed by atoms with Crippen molar-refractivity contribution in [1.82, 2.24) is 10.6 Å². The van der Waals surface area contributed by atoms with Gasteiger partial charge in [-0.15, -0.1) is 0 Å². The van der Waals surface area contributed by atoms with Crippen molar-refractivity contribution in [2.75, 3.05) is 19.7 Å². The topological polar surface area (TPSA) is 50.4 Å². The molecule has 1 heterocycles. The Hall–Kier alpha value is -0.610. The van der Waals surface area contributed by atoms with Crippen LogP contribution in [0.1, 0.15) is 39.5 Å². The molecule has 0 saturated carbocycles. The number of rotatable bonds is 7. The van der Waals surface area contributed by atoms with Gasteiger partial charge in [-0.2, -0.15) is 0 Å². The van der Waals surface area contributed by atoms with Gasteiger partial charge < -0.3 is 15.4 Å². The van der Waals surface area contributed by atoms with Crippen LogP contribution in [0.3, 0.4) is 0 Å². The van der Waals surface area contributed by atoms with Crippen molar-refractivity contribution in [3.05, 3.63) is 0 Å². The second-order valence-electron chi connectivity index (χ2n) is 4.44. The highest BCUT2D eigenvalue weighted by molar-refractivity contribution is 5.69. The third kappa shape index (κ3) is 5.47. The molecule has 1 saturated heterocycles. The van der Waals surface area contributed by atoms with Gasteiger partial charge in [0.25, 0.3) is 0 Å². The fourth-order valence-electron chi connectivity index (χ4n) is 2.12. The first kappa shape index (κ1) is 13.5. The van der Waals surface area contributed by atoms with Crippen molar-refractivity contribution < 1.29 is 9.53 Å². The highest BCUT2D eigenvalue weighted by Gasteiger charge is 2.16. The first-order valence-electron chi connectivity index (χ1n) is 6.34. The van der Waals surface area contributed by atoms with Gasteiger partial charge >= 0.3 is 5.97 Å². The van der Waals surface area contributed by atoms with Crippen molar-refractivity contribution in [3.63, 3.8) is 0 Å². The molecule has 0 radical (unpaired) electrons.